The average molecular weight is 142 g/mol. The number of hydrogen-bond donors (Lipinski definition) is 0. The van der Waals surface area contributed by atoms with Gasteiger partial charge in [-0.15, -0.1) is 0 Å². The van der Waals surface area contributed by atoms with Gasteiger partial charge in [-0.3, -0.25) is 7.05 Å². The van der Waals surface area contributed by atoms with Crippen LogP contribution in [0.15, 0.2) is 0 Å². The van der Waals surface area contributed by atoms with Gasteiger partial charge in [-0.25, -0.2) is 0 Å². The molecule has 60 valence electrons. The van der Waals surface area contributed by atoms with Crippen molar-refractivity contribution in [1.82, 2.24) is 4.90 Å². The lowest BCUT2D eigenvalue weighted by atomic mass is 10.3. The molecule has 0 spiro atoms. The van der Waals surface area contributed by atoms with E-state index in [4.69, 9.17) is 4.74 Å². The van der Waals surface area contributed by atoms with Crippen LogP contribution in [0.1, 0.15) is 19.8 Å². The normalized spacial score (nSPS) is 27.6. The van der Waals surface area contributed by atoms with Gasteiger partial charge < -0.3 is 9.64 Å². The maximum absolute atomic E-state index is 5.54. The molecule has 2 heteroatoms. The van der Waals surface area contributed by atoms with Crippen molar-refractivity contribution < 1.29 is 4.74 Å². The monoisotopic (exact) mass is 142 g/mol. The van der Waals surface area contributed by atoms with Crippen LogP contribution >= 0.6 is 0 Å². The van der Waals surface area contributed by atoms with E-state index in [-0.39, 0.29) is 0 Å². The minimum atomic E-state index is 0.456. The Labute approximate surface area is 63.2 Å². The van der Waals surface area contributed by atoms with Crippen LogP contribution in [0.3, 0.4) is 0 Å². The van der Waals surface area contributed by atoms with E-state index in [9.17, 15) is 0 Å². The summed E-state index contributed by atoms with van der Waals surface area (Å²) >= 11 is 0. The first-order chi connectivity index (χ1) is 4.83. The largest absolute Gasteiger partial charge is 0.457 e. The van der Waals surface area contributed by atoms with Gasteiger partial charge in [0.1, 0.15) is 0 Å². The molecule has 0 radical (unpaired) electrons. The summed E-state index contributed by atoms with van der Waals surface area (Å²) in [5, 5.41) is 0. The van der Waals surface area contributed by atoms with E-state index in [0.717, 1.165) is 32.5 Å². The predicted molar refractivity (Wildman–Crippen MR) is 41.6 cm³/mol. The summed E-state index contributed by atoms with van der Waals surface area (Å²) in [5.74, 6) is 0. The number of nitrogens with zero attached hydrogens (tertiary/aromatic N) is 1. The zero-order chi connectivity index (χ0) is 7.40. The Bertz CT molecular complexity index is 95.3. The van der Waals surface area contributed by atoms with Crippen molar-refractivity contribution in [1.29, 1.82) is 0 Å². The second-order valence-corrected chi connectivity index (χ2v) is 2.86. The molecule has 0 saturated carbocycles. The first-order valence-electron chi connectivity index (χ1n) is 4.00. The van der Waals surface area contributed by atoms with Gasteiger partial charge in [0.15, 0.2) is 0 Å². The summed E-state index contributed by atoms with van der Waals surface area (Å²) in [5.41, 5.74) is 0. The van der Waals surface area contributed by atoms with Gasteiger partial charge >= 0.3 is 0 Å². The second kappa shape index (κ2) is 3.94. The van der Waals surface area contributed by atoms with Crippen molar-refractivity contribution in [3.63, 3.8) is 0 Å². The Hall–Kier alpha value is -0.0800. The van der Waals surface area contributed by atoms with Crippen LogP contribution in [-0.2, 0) is 4.74 Å². The first-order valence-corrected chi connectivity index (χ1v) is 4.00. The van der Waals surface area contributed by atoms with Crippen LogP contribution < -0.4 is 0 Å². The van der Waals surface area contributed by atoms with E-state index in [1.54, 1.807) is 0 Å². The first kappa shape index (κ1) is 8.02. The van der Waals surface area contributed by atoms with Gasteiger partial charge in [-0.2, -0.15) is 0 Å². The molecule has 1 atom stereocenters. The standard InChI is InChI=1S/C8H16NO/c1-3-6-10-8-4-5-9(2)7-8/h8H,2-7H2,1H3/q-1/t8-/m1/s1. The second-order valence-electron chi connectivity index (χ2n) is 2.86. The molecule has 1 aliphatic rings. The van der Waals surface area contributed by atoms with E-state index in [0.29, 0.717) is 6.10 Å². The maximum Gasteiger partial charge on any atom is 0.0689 e. The molecule has 1 fully saturated rings. The topological polar surface area (TPSA) is 12.5 Å². The van der Waals surface area contributed by atoms with Gasteiger partial charge in [-0.1, -0.05) is 6.92 Å². The van der Waals surface area contributed by atoms with Crippen molar-refractivity contribution in [3.8, 4) is 0 Å². The molecule has 1 aliphatic heterocycles. The Kier molecular flexibility index (Phi) is 3.16. The van der Waals surface area contributed by atoms with Crippen molar-refractivity contribution in [3.05, 3.63) is 7.05 Å². The molecule has 1 saturated heterocycles. The highest BCUT2D eigenvalue weighted by Crippen LogP contribution is 2.10. The summed E-state index contributed by atoms with van der Waals surface area (Å²) < 4.78 is 5.54. The highest BCUT2D eigenvalue weighted by Gasteiger charge is 2.15. The summed E-state index contributed by atoms with van der Waals surface area (Å²) in [6.07, 6.45) is 2.73. The third-order valence-electron chi connectivity index (χ3n) is 1.79. The highest BCUT2D eigenvalue weighted by atomic mass is 16.5. The van der Waals surface area contributed by atoms with Crippen LogP contribution in [0.4, 0.5) is 0 Å². The Morgan fingerprint density at radius 2 is 2.50 bits per heavy atom. The quantitative estimate of drug-likeness (QED) is 0.550. The molecule has 2 nitrogen and oxygen atoms in total. The van der Waals surface area contributed by atoms with Gasteiger partial charge in [0.05, 0.1) is 6.10 Å². The van der Waals surface area contributed by atoms with Crippen LogP contribution in [-0.4, -0.2) is 30.7 Å². The SMILES string of the molecule is [CH2-]N1CC[C@@H](OCCC)C1. The van der Waals surface area contributed by atoms with E-state index < -0.39 is 0 Å². The fraction of sp³-hybridized carbons (Fsp3) is 0.875. The Morgan fingerprint density at radius 3 is 3.00 bits per heavy atom. The molecule has 0 aliphatic carbocycles. The molecule has 0 N–H and O–H groups in total. The average Bonchev–Trinajstić information content (AvgIpc) is 2.31. The Balaban J connectivity index is 2.06. The molecule has 0 aromatic carbocycles. The fourth-order valence-electron chi connectivity index (χ4n) is 1.22. The van der Waals surface area contributed by atoms with E-state index >= 15 is 0 Å². The molecule has 0 unspecified atom stereocenters. The zero-order valence-corrected chi connectivity index (χ0v) is 6.68. The third-order valence-corrected chi connectivity index (χ3v) is 1.79. The van der Waals surface area contributed by atoms with Crippen LogP contribution in [0.25, 0.3) is 0 Å². The van der Waals surface area contributed by atoms with Gasteiger partial charge in [-0.05, 0) is 25.9 Å². The lowest BCUT2D eigenvalue weighted by Gasteiger charge is -2.16. The number of likely N-dealkylation sites (tertiary alicyclic amines) is 1. The van der Waals surface area contributed by atoms with E-state index in [1.807, 2.05) is 0 Å². The van der Waals surface area contributed by atoms with Crippen LogP contribution in [0, 0.1) is 7.05 Å². The van der Waals surface area contributed by atoms with Crippen molar-refractivity contribution in [2.45, 2.75) is 25.9 Å². The lowest BCUT2D eigenvalue weighted by Crippen LogP contribution is -2.17. The zero-order valence-electron chi connectivity index (χ0n) is 6.68. The third kappa shape index (κ3) is 2.27. The molecule has 10 heavy (non-hydrogen) atoms. The number of hydrogen-bond acceptors (Lipinski definition) is 2. The predicted octanol–water partition coefficient (Wildman–Crippen LogP) is 1.28. The van der Waals surface area contributed by atoms with Crippen molar-refractivity contribution in [2.75, 3.05) is 19.7 Å². The van der Waals surface area contributed by atoms with E-state index in [1.165, 1.54) is 0 Å². The smallest absolute Gasteiger partial charge is 0.0689 e. The molecule has 0 aromatic rings. The molecule has 1 heterocycles. The molecular formula is C8H16NO-. The molecular weight excluding hydrogens is 126 g/mol. The van der Waals surface area contributed by atoms with Crippen LogP contribution in [0.2, 0.25) is 0 Å². The van der Waals surface area contributed by atoms with Crippen LogP contribution in [0.5, 0.6) is 0 Å². The minimum Gasteiger partial charge on any atom is -0.457 e. The number of ether oxygens (including phenoxy) is 1. The lowest BCUT2D eigenvalue weighted by molar-refractivity contribution is 0.0624. The molecule has 0 aromatic heterocycles. The summed E-state index contributed by atoms with van der Waals surface area (Å²) in [6, 6.07) is 0. The number of rotatable bonds is 3. The summed E-state index contributed by atoms with van der Waals surface area (Å²) in [4.78, 5) is 2.07. The maximum atomic E-state index is 5.54. The van der Waals surface area contributed by atoms with Gasteiger partial charge in [0.2, 0.25) is 0 Å². The highest BCUT2D eigenvalue weighted by molar-refractivity contribution is 4.74. The molecule has 0 amide bonds. The summed E-state index contributed by atoms with van der Waals surface area (Å²) in [6.45, 7) is 5.14. The van der Waals surface area contributed by atoms with Crippen molar-refractivity contribution >= 4 is 0 Å². The van der Waals surface area contributed by atoms with E-state index in [2.05, 4.69) is 18.9 Å². The van der Waals surface area contributed by atoms with Gasteiger partial charge in [0, 0.05) is 6.61 Å². The summed E-state index contributed by atoms with van der Waals surface area (Å²) in [7, 11) is 3.85. The molecule has 0 bridgehead atoms. The van der Waals surface area contributed by atoms with Gasteiger partial charge in [0.25, 0.3) is 0 Å². The minimum absolute atomic E-state index is 0.456. The van der Waals surface area contributed by atoms with Crippen molar-refractivity contribution in [2.24, 2.45) is 0 Å². The Morgan fingerprint density at radius 1 is 1.70 bits per heavy atom. The fourth-order valence-corrected chi connectivity index (χ4v) is 1.22. The molecule has 1 rings (SSSR count).